The normalized spacial score (nSPS) is 19.2. The minimum atomic E-state index is -4.76. The summed E-state index contributed by atoms with van der Waals surface area (Å²) in [6.07, 6.45) is -4.76. The topological polar surface area (TPSA) is 75.8 Å². The number of nitrogens with zero attached hydrogens (tertiary/aromatic N) is 3. The smallest absolute Gasteiger partial charge is 0.272 e. The number of carbonyl (C=O) groups is 1. The fraction of sp³-hybridized carbons (Fsp3) is 0.273. The molecule has 0 bridgehead atoms. The number of amides is 1. The lowest BCUT2D eigenvalue weighted by Gasteiger charge is -2.12. The molecule has 20 heavy (non-hydrogen) atoms. The molecule has 0 saturated heterocycles. The van der Waals surface area contributed by atoms with Gasteiger partial charge in [0.15, 0.2) is 5.71 Å². The summed E-state index contributed by atoms with van der Waals surface area (Å²) in [6.45, 7) is 1.06. The van der Waals surface area contributed by atoms with Gasteiger partial charge < -0.3 is 0 Å². The molecule has 6 nitrogen and oxygen atoms in total. The third-order valence-electron chi connectivity index (χ3n) is 2.79. The third-order valence-corrected chi connectivity index (χ3v) is 2.79. The van der Waals surface area contributed by atoms with Gasteiger partial charge in [-0.3, -0.25) is 14.9 Å². The standard InChI is InChI=1S/C11H8F3N3O3/c1-6-9(11(12,13)14)15-16(10(6)18)7-4-2-3-5-8(7)17(19)20/h2-6H,1H3. The predicted molar refractivity (Wildman–Crippen MR) is 63.2 cm³/mol. The molecule has 2 rings (SSSR count). The van der Waals surface area contributed by atoms with Gasteiger partial charge in [-0.25, -0.2) is 0 Å². The molecule has 1 aliphatic rings. The van der Waals surface area contributed by atoms with E-state index in [1.165, 1.54) is 18.2 Å². The summed E-state index contributed by atoms with van der Waals surface area (Å²) < 4.78 is 38.1. The van der Waals surface area contributed by atoms with Gasteiger partial charge in [-0.05, 0) is 13.0 Å². The Morgan fingerprint density at radius 3 is 2.45 bits per heavy atom. The first-order valence-corrected chi connectivity index (χ1v) is 5.46. The number of benzene rings is 1. The highest BCUT2D eigenvalue weighted by molar-refractivity contribution is 6.17. The Bertz CT molecular complexity index is 612. The first-order chi connectivity index (χ1) is 9.23. The largest absolute Gasteiger partial charge is 0.432 e. The van der Waals surface area contributed by atoms with Crippen molar-refractivity contribution in [3.63, 3.8) is 0 Å². The van der Waals surface area contributed by atoms with Gasteiger partial charge in [-0.15, -0.1) is 0 Å². The number of hydrazone groups is 1. The predicted octanol–water partition coefficient (Wildman–Crippen LogP) is 2.50. The van der Waals surface area contributed by atoms with Crippen LogP contribution in [0.25, 0.3) is 0 Å². The molecule has 1 aromatic carbocycles. The van der Waals surface area contributed by atoms with Crippen LogP contribution in [-0.4, -0.2) is 22.7 Å². The number of nitro benzene ring substituents is 1. The van der Waals surface area contributed by atoms with Crippen LogP contribution in [0.15, 0.2) is 29.4 Å². The Morgan fingerprint density at radius 1 is 1.35 bits per heavy atom. The lowest BCUT2D eigenvalue weighted by atomic mass is 10.1. The average molecular weight is 287 g/mol. The molecule has 1 atom stereocenters. The molecular formula is C11H8F3N3O3. The van der Waals surface area contributed by atoms with Crippen LogP contribution in [0.3, 0.4) is 0 Å². The lowest BCUT2D eigenvalue weighted by molar-refractivity contribution is -0.384. The summed E-state index contributed by atoms with van der Waals surface area (Å²) in [5, 5.41) is 14.5. The second kappa shape index (κ2) is 4.58. The van der Waals surface area contributed by atoms with Crippen molar-refractivity contribution in [1.29, 1.82) is 0 Å². The Labute approximate surface area is 110 Å². The van der Waals surface area contributed by atoms with Crippen LogP contribution < -0.4 is 5.01 Å². The molecule has 0 fully saturated rings. The van der Waals surface area contributed by atoms with E-state index in [-0.39, 0.29) is 5.69 Å². The number of halogens is 3. The molecule has 0 saturated carbocycles. The first-order valence-electron chi connectivity index (χ1n) is 5.46. The summed E-state index contributed by atoms with van der Waals surface area (Å²) >= 11 is 0. The molecule has 1 heterocycles. The first kappa shape index (κ1) is 14.0. The Hall–Kier alpha value is -2.45. The second-order valence-electron chi connectivity index (χ2n) is 4.10. The summed E-state index contributed by atoms with van der Waals surface area (Å²) in [5.41, 5.74) is -2.03. The molecule has 0 aromatic heterocycles. The van der Waals surface area contributed by atoms with Crippen molar-refractivity contribution in [2.75, 3.05) is 5.01 Å². The van der Waals surface area contributed by atoms with E-state index in [4.69, 9.17) is 0 Å². The van der Waals surface area contributed by atoms with Gasteiger partial charge in [0.25, 0.3) is 11.6 Å². The number of hydrogen-bond acceptors (Lipinski definition) is 4. The summed E-state index contributed by atoms with van der Waals surface area (Å²) in [5.74, 6) is -2.44. The minimum Gasteiger partial charge on any atom is -0.272 e. The fourth-order valence-corrected chi connectivity index (χ4v) is 1.82. The van der Waals surface area contributed by atoms with Crippen LogP contribution in [0.2, 0.25) is 0 Å². The van der Waals surface area contributed by atoms with Crippen molar-refractivity contribution in [3.8, 4) is 0 Å². The number of alkyl halides is 3. The zero-order valence-corrected chi connectivity index (χ0v) is 10.1. The van der Waals surface area contributed by atoms with E-state index >= 15 is 0 Å². The van der Waals surface area contributed by atoms with Gasteiger partial charge in [0, 0.05) is 6.07 Å². The highest BCUT2D eigenvalue weighted by atomic mass is 19.4. The van der Waals surface area contributed by atoms with Crippen molar-refractivity contribution in [2.24, 2.45) is 11.0 Å². The van der Waals surface area contributed by atoms with E-state index in [0.29, 0.717) is 5.01 Å². The average Bonchev–Trinajstić information content (AvgIpc) is 2.66. The molecule has 1 aromatic rings. The molecule has 0 radical (unpaired) electrons. The van der Waals surface area contributed by atoms with Crippen LogP contribution >= 0.6 is 0 Å². The van der Waals surface area contributed by atoms with E-state index in [1.807, 2.05) is 0 Å². The molecular weight excluding hydrogens is 279 g/mol. The van der Waals surface area contributed by atoms with E-state index in [9.17, 15) is 28.1 Å². The molecule has 9 heteroatoms. The van der Waals surface area contributed by atoms with Gasteiger partial charge >= 0.3 is 6.18 Å². The maximum Gasteiger partial charge on any atom is 0.432 e. The van der Waals surface area contributed by atoms with Crippen molar-refractivity contribution >= 4 is 23.0 Å². The van der Waals surface area contributed by atoms with E-state index in [1.54, 1.807) is 0 Å². The van der Waals surface area contributed by atoms with Crippen molar-refractivity contribution in [1.82, 2.24) is 0 Å². The summed E-state index contributed by atoms with van der Waals surface area (Å²) in [7, 11) is 0. The molecule has 1 unspecified atom stereocenters. The van der Waals surface area contributed by atoms with E-state index in [2.05, 4.69) is 5.10 Å². The number of para-hydroxylation sites is 2. The molecule has 0 aliphatic carbocycles. The van der Waals surface area contributed by atoms with Gasteiger partial charge in [0.1, 0.15) is 5.69 Å². The van der Waals surface area contributed by atoms with Crippen molar-refractivity contribution in [2.45, 2.75) is 13.1 Å². The van der Waals surface area contributed by atoms with Crippen LogP contribution in [0, 0.1) is 16.0 Å². The quantitative estimate of drug-likeness (QED) is 0.619. The third kappa shape index (κ3) is 2.22. The van der Waals surface area contributed by atoms with Crippen LogP contribution in [0.5, 0.6) is 0 Å². The van der Waals surface area contributed by atoms with Gasteiger partial charge in [-0.1, -0.05) is 12.1 Å². The van der Waals surface area contributed by atoms with Crippen LogP contribution in [0.4, 0.5) is 24.5 Å². The maximum absolute atomic E-state index is 12.7. The molecule has 0 spiro atoms. The zero-order chi connectivity index (χ0) is 15.1. The molecule has 1 aliphatic heterocycles. The number of carbonyl (C=O) groups excluding carboxylic acids is 1. The van der Waals surface area contributed by atoms with Crippen LogP contribution in [0.1, 0.15) is 6.92 Å². The highest BCUT2D eigenvalue weighted by Crippen LogP contribution is 2.35. The lowest BCUT2D eigenvalue weighted by Crippen LogP contribution is -2.31. The summed E-state index contributed by atoms with van der Waals surface area (Å²) in [4.78, 5) is 21.9. The number of rotatable bonds is 2. The number of nitro groups is 1. The van der Waals surface area contributed by atoms with Crippen molar-refractivity contribution in [3.05, 3.63) is 34.4 Å². The van der Waals surface area contributed by atoms with Gasteiger partial charge in [0.2, 0.25) is 0 Å². The molecule has 106 valence electrons. The Kier molecular flexibility index (Phi) is 3.20. The minimum absolute atomic E-state index is 0.284. The van der Waals surface area contributed by atoms with Crippen molar-refractivity contribution < 1.29 is 22.9 Å². The fourth-order valence-electron chi connectivity index (χ4n) is 1.82. The Morgan fingerprint density at radius 2 is 1.95 bits per heavy atom. The summed E-state index contributed by atoms with van der Waals surface area (Å²) in [6, 6.07) is 4.99. The van der Waals surface area contributed by atoms with Gasteiger partial charge in [-0.2, -0.15) is 23.3 Å². The number of hydrogen-bond donors (Lipinski definition) is 0. The highest BCUT2D eigenvalue weighted by Gasteiger charge is 2.48. The number of anilines is 1. The maximum atomic E-state index is 12.7. The zero-order valence-electron chi connectivity index (χ0n) is 10.1. The van der Waals surface area contributed by atoms with Gasteiger partial charge in [0.05, 0.1) is 10.8 Å². The van der Waals surface area contributed by atoms with Crippen LogP contribution in [-0.2, 0) is 4.79 Å². The van der Waals surface area contributed by atoms with E-state index < -0.39 is 34.3 Å². The Balaban J connectivity index is 2.52. The van der Waals surface area contributed by atoms with E-state index in [0.717, 1.165) is 13.0 Å². The molecule has 0 N–H and O–H groups in total. The second-order valence-corrected chi connectivity index (χ2v) is 4.10. The molecule has 1 amide bonds. The SMILES string of the molecule is CC1C(=O)N(c2ccccc2[N+](=O)[O-])N=C1C(F)(F)F. The monoisotopic (exact) mass is 287 g/mol.